The quantitative estimate of drug-likeness (QED) is 0.664. The van der Waals surface area contributed by atoms with Crippen molar-refractivity contribution in [3.63, 3.8) is 0 Å². The number of rotatable bonds is 4. The second-order valence-electron chi connectivity index (χ2n) is 4.74. The van der Waals surface area contributed by atoms with Gasteiger partial charge in [0.1, 0.15) is 0 Å². The molecule has 1 aromatic carbocycles. The van der Waals surface area contributed by atoms with Crippen LogP contribution in [0.15, 0.2) is 24.4 Å². The van der Waals surface area contributed by atoms with E-state index in [-0.39, 0.29) is 0 Å². The van der Waals surface area contributed by atoms with Gasteiger partial charge in [-0.3, -0.25) is 0 Å². The number of fused-ring (bicyclic) bond motifs is 1. The number of hydrogen-bond donors (Lipinski definition) is 0. The zero-order chi connectivity index (χ0) is 11.5. The van der Waals surface area contributed by atoms with Crippen LogP contribution in [-0.2, 0) is 6.54 Å². The fourth-order valence-electron chi connectivity index (χ4n) is 2.48. The van der Waals surface area contributed by atoms with Crippen molar-refractivity contribution in [1.82, 2.24) is 4.57 Å². The number of unbranched alkanes of at least 4 members (excludes halogenated alkanes) is 2. The van der Waals surface area contributed by atoms with Crippen molar-refractivity contribution in [2.45, 2.75) is 46.6 Å². The van der Waals surface area contributed by atoms with Crippen molar-refractivity contribution in [3.8, 4) is 0 Å². The average molecular weight is 215 g/mol. The van der Waals surface area contributed by atoms with Gasteiger partial charge < -0.3 is 4.57 Å². The van der Waals surface area contributed by atoms with E-state index in [2.05, 4.69) is 49.7 Å². The maximum atomic E-state index is 2.40. The topological polar surface area (TPSA) is 4.93 Å². The molecule has 2 rings (SSSR count). The van der Waals surface area contributed by atoms with Crippen LogP contribution in [0, 0.1) is 13.8 Å². The molecule has 1 heterocycles. The van der Waals surface area contributed by atoms with Crippen LogP contribution in [0.4, 0.5) is 0 Å². The van der Waals surface area contributed by atoms with Crippen LogP contribution < -0.4 is 0 Å². The highest BCUT2D eigenvalue weighted by atomic mass is 14.9. The summed E-state index contributed by atoms with van der Waals surface area (Å²) in [4.78, 5) is 0. The molecule has 0 aliphatic carbocycles. The summed E-state index contributed by atoms with van der Waals surface area (Å²) in [5, 5.41) is 1.38. The first-order valence-corrected chi connectivity index (χ1v) is 6.28. The van der Waals surface area contributed by atoms with Crippen LogP contribution in [0.5, 0.6) is 0 Å². The number of nitrogens with zero attached hydrogens (tertiary/aromatic N) is 1. The molecule has 0 aliphatic heterocycles. The highest BCUT2D eigenvalue weighted by Gasteiger charge is 2.04. The maximum Gasteiger partial charge on any atom is 0.0510 e. The lowest BCUT2D eigenvalue weighted by atomic mass is 10.1. The number of hydrogen-bond acceptors (Lipinski definition) is 0. The van der Waals surface area contributed by atoms with Crippen LogP contribution in [0.25, 0.3) is 10.9 Å². The van der Waals surface area contributed by atoms with Crippen molar-refractivity contribution in [3.05, 3.63) is 35.5 Å². The van der Waals surface area contributed by atoms with Crippen LogP contribution in [0.3, 0.4) is 0 Å². The normalized spacial score (nSPS) is 11.2. The minimum atomic E-state index is 1.15. The van der Waals surface area contributed by atoms with Gasteiger partial charge in [0.15, 0.2) is 0 Å². The smallest absolute Gasteiger partial charge is 0.0510 e. The fourth-order valence-corrected chi connectivity index (χ4v) is 2.48. The van der Waals surface area contributed by atoms with Crippen LogP contribution in [0.1, 0.15) is 37.3 Å². The lowest BCUT2D eigenvalue weighted by Crippen LogP contribution is -1.97. The van der Waals surface area contributed by atoms with E-state index < -0.39 is 0 Å². The summed E-state index contributed by atoms with van der Waals surface area (Å²) in [5.74, 6) is 0. The molecular weight excluding hydrogens is 194 g/mol. The second-order valence-corrected chi connectivity index (χ2v) is 4.74. The van der Waals surface area contributed by atoms with E-state index >= 15 is 0 Å². The second kappa shape index (κ2) is 4.73. The van der Waals surface area contributed by atoms with E-state index in [1.807, 2.05) is 0 Å². The van der Waals surface area contributed by atoms with Crippen molar-refractivity contribution in [2.24, 2.45) is 0 Å². The van der Waals surface area contributed by atoms with Gasteiger partial charge in [-0.2, -0.15) is 0 Å². The summed E-state index contributed by atoms with van der Waals surface area (Å²) in [7, 11) is 0. The lowest BCUT2D eigenvalue weighted by Gasteiger charge is -2.08. The number of aryl methyl sites for hydroxylation is 3. The molecule has 0 fully saturated rings. The molecule has 0 spiro atoms. The Labute approximate surface area is 98.1 Å². The molecule has 1 aromatic heterocycles. The zero-order valence-corrected chi connectivity index (χ0v) is 10.6. The SMILES string of the molecule is CCCCCn1ccc2cc(C)cc(C)c21. The average Bonchev–Trinajstić information content (AvgIpc) is 2.62. The van der Waals surface area contributed by atoms with Gasteiger partial charge in [-0.25, -0.2) is 0 Å². The first kappa shape index (κ1) is 11.3. The fraction of sp³-hybridized carbons (Fsp3) is 0.467. The molecule has 0 bridgehead atoms. The molecule has 0 atom stereocenters. The third kappa shape index (κ3) is 2.13. The summed E-state index contributed by atoms with van der Waals surface area (Å²) >= 11 is 0. The van der Waals surface area contributed by atoms with E-state index in [0.717, 1.165) is 6.54 Å². The number of aromatic nitrogens is 1. The van der Waals surface area contributed by atoms with Crippen molar-refractivity contribution >= 4 is 10.9 Å². The summed E-state index contributed by atoms with van der Waals surface area (Å²) in [6.45, 7) is 7.79. The molecular formula is C15H21N. The van der Waals surface area contributed by atoms with Gasteiger partial charge in [-0.1, -0.05) is 31.4 Å². The predicted octanol–water partition coefficient (Wildman–Crippen LogP) is 4.45. The molecule has 0 unspecified atom stereocenters. The maximum absolute atomic E-state index is 2.40. The summed E-state index contributed by atoms with van der Waals surface area (Å²) < 4.78 is 2.40. The molecule has 2 aromatic rings. The van der Waals surface area contributed by atoms with Gasteiger partial charge in [0, 0.05) is 18.1 Å². The Morgan fingerprint density at radius 3 is 2.69 bits per heavy atom. The van der Waals surface area contributed by atoms with Gasteiger partial charge in [0.2, 0.25) is 0 Å². The van der Waals surface area contributed by atoms with E-state index in [0.29, 0.717) is 0 Å². The van der Waals surface area contributed by atoms with E-state index in [9.17, 15) is 0 Å². The van der Waals surface area contributed by atoms with Crippen molar-refractivity contribution in [2.75, 3.05) is 0 Å². The van der Waals surface area contributed by atoms with Crippen LogP contribution >= 0.6 is 0 Å². The van der Waals surface area contributed by atoms with Crippen LogP contribution in [-0.4, -0.2) is 4.57 Å². The third-order valence-electron chi connectivity index (χ3n) is 3.20. The molecule has 0 saturated carbocycles. The molecule has 0 radical (unpaired) electrons. The van der Waals surface area contributed by atoms with Crippen molar-refractivity contribution < 1.29 is 0 Å². The minimum absolute atomic E-state index is 1.15. The lowest BCUT2D eigenvalue weighted by molar-refractivity contribution is 0.616. The standard InChI is InChI=1S/C15H21N/c1-4-5-6-8-16-9-7-14-11-12(2)10-13(3)15(14)16/h7,9-11H,4-6,8H2,1-3H3. The first-order valence-electron chi connectivity index (χ1n) is 6.28. The summed E-state index contributed by atoms with van der Waals surface area (Å²) in [6, 6.07) is 6.79. The molecule has 0 N–H and O–H groups in total. The van der Waals surface area contributed by atoms with Crippen LogP contribution in [0.2, 0.25) is 0 Å². The highest BCUT2D eigenvalue weighted by Crippen LogP contribution is 2.22. The molecule has 86 valence electrons. The predicted molar refractivity (Wildman–Crippen MR) is 70.9 cm³/mol. The van der Waals surface area contributed by atoms with Gasteiger partial charge in [0.25, 0.3) is 0 Å². The Morgan fingerprint density at radius 1 is 1.12 bits per heavy atom. The highest BCUT2D eigenvalue weighted by molar-refractivity contribution is 5.84. The Balaban J connectivity index is 2.33. The summed E-state index contributed by atoms with van der Waals surface area (Å²) in [6.07, 6.45) is 6.13. The minimum Gasteiger partial charge on any atom is -0.347 e. The van der Waals surface area contributed by atoms with Gasteiger partial charge in [-0.05, 0) is 38.0 Å². The Hall–Kier alpha value is -1.24. The molecule has 1 heteroatoms. The monoisotopic (exact) mass is 215 g/mol. The van der Waals surface area contributed by atoms with E-state index in [1.165, 1.54) is 41.3 Å². The zero-order valence-electron chi connectivity index (χ0n) is 10.6. The molecule has 0 amide bonds. The summed E-state index contributed by atoms with van der Waals surface area (Å²) in [5.41, 5.74) is 4.18. The Bertz CT molecular complexity index is 479. The third-order valence-corrected chi connectivity index (χ3v) is 3.20. The van der Waals surface area contributed by atoms with E-state index in [4.69, 9.17) is 0 Å². The first-order chi connectivity index (χ1) is 7.72. The Kier molecular flexibility index (Phi) is 3.33. The van der Waals surface area contributed by atoms with Gasteiger partial charge in [-0.15, -0.1) is 0 Å². The molecule has 0 saturated heterocycles. The van der Waals surface area contributed by atoms with E-state index in [1.54, 1.807) is 0 Å². The molecule has 1 nitrogen and oxygen atoms in total. The van der Waals surface area contributed by atoms with Gasteiger partial charge >= 0.3 is 0 Å². The molecule has 16 heavy (non-hydrogen) atoms. The van der Waals surface area contributed by atoms with Gasteiger partial charge in [0.05, 0.1) is 5.52 Å². The largest absolute Gasteiger partial charge is 0.347 e. The number of benzene rings is 1. The Morgan fingerprint density at radius 2 is 1.94 bits per heavy atom. The molecule has 0 aliphatic rings. The van der Waals surface area contributed by atoms with Crippen molar-refractivity contribution in [1.29, 1.82) is 0 Å².